The highest BCUT2D eigenvalue weighted by molar-refractivity contribution is 5.75. The summed E-state index contributed by atoms with van der Waals surface area (Å²) in [5, 5.41) is 25.6. The van der Waals surface area contributed by atoms with Crippen LogP contribution in [0.3, 0.4) is 0 Å². The minimum atomic E-state index is 0.244. The number of nitrogens with one attached hydrogen (secondary N) is 2. The summed E-state index contributed by atoms with van der Waals surface area (Å²) < 4.78 is 5.26. The molecule has 24 heavy (non-hydrogen) atoms. The van der Waals surface area contributed by atoms with Crippen LogP contribution < -0.4 is 10.1 Å². The largest absolute Gasteiger partial charge is 0.497 e. The topological polar surface area (TPSA) is 99.5 Å². The smallest absolute Gasteiger partial charge is 0.216 e. The Balaban J connectivity index is 1.84. The Morgan fingerprint density at radius 1 is 1.21 bits per heavy atom. The molecule has 1 aromatic heterocycles. The number of aromatic nitrogens is 4. The second-order valence-corrected chi connectivity index (χ2v) is 4.86. The second-order valence-electron chi connectivity index (χ2n) is 4.86. The van der Waals surface area contributed by atoms with Crippen LogP contribution in [0.15, 0.2) is 54.7 Å². The fourth-order valence-electron chi connectivity index (χ4n) is 2.17. The molecule has 0 saturated carbocycles. The van der Waals surface area contributed by atoms with Crippen molar-refractivity contribution in [2.24, 2.45) is 0 Å². The molecule has 3 aromatic rings. The Hall–Kier alpha value is -3.66. The van der Waals surface area contributed by atoms with Gasteiger partial charge in [0.2, 0.25) is 5.82 Å². The Morgan fingerprint density at radius 2 is 2.00 bits per heavy atom. The van der Waals surface area contributed by atoms with Crippen molar-refractivity contribution >= 4 is 11.3 Å². The van der Waals surface area contributed by atoms with Crippen molar-refractivity contribution in [1.82, 2.24) is 20.6 Å². The lowest BCUT2D eigenvalue weighted by atomic mass is 10.0. The number of rotatable bonds is 5. The van der Waals surface area contributed by atoms with E-state index in [-0.39, 0.29) is 11.4 Å². The van der Waals surface area contributed by atoms with Gasteiger partial charge in [0.05, 0.1) is 7.11 Å². The number of nitrogens with zero attached hydrogens (tertiary/aromatic N) is 4. The molecule has 0 bridgehead atoms. The molecular weight excluding hydrogens is 304 g/mol. The lowest BCUT2D eigenvalue weighted by Gasteiger charge is -2.07. The number of methoxy groups -OCH3 is 1. The van der Waals surface area contributed by atoms with Gasteiger partial charge in [0.25, 0.3) is 0 Å². The van der Waals surface area contributed by atoms with Crippen molar-refractivity contribution in [2.45, 2.75) is 0 Å². The molecule has 2 aromatic carbocycles. The van der Waals surface area contributed by atoms with Crippen LogP contribution in [0.1, 0.15) is 5.82 Å². The van der Waals surface area contributed by atoms with Gasteiger partial charge in [-0.1, -0.05) is 24.3 Å². The van der Waals surface area contributed by atoms with Crippen molar-refractivity contribution in [3.05, 3.63) is 60.6 Å². The number of H-pyrrole nitrogens is 1. The highest BCUT2D eigenvalue weighted by Gasteiger charge is 2.06. The molecular formula is C17H14N6O. The average Bonchev–Trinajstić information content (AvgIpc) is 3.17. The van der Waals surface area contributed by atoms with E-state index in [2.05, 4.69) is 25.9 Å². The maximum Gasteiger partial charge on any atom is 0.216 e. The zero-order valence-corrected chi connectivity index (χ0v) is 12.9. The van der Waals surface area contributed by atoms with Crippen LogP contribution in [-0.2, 0) is 0 Å². The fourth-order valence-corrected chi connectivity index (χ4v) is 2.17. The molecule has 0 unspecified atom stereocenters. The summed E-state index contributed by atoms with van der Waals surface area (Å²) in [6.45, 7) is 0. The Bertz CT molecular complexity index is 895. The van der Waals surface area contributed by atoms with Gasteiger partial charge >= 0.3 is 0 Å². The van der Waals surface area contributed by atoms with E-state index in [0.717, 1.165) is 22.6 Å². The first-order chi connectivity index (χ1) is 11.8. The van der Waals surface area contributed by atoms with Gasteiger partial charge in [-0.05, 0) is 40.6 Å². The van der Waals surface area contributed by atoms with Crippen molar-refractivity contribution in [3.63, 3.8) is 0 Å². The number of allylic oxidation sites excluding steroid dienone is 1. The quantitative estimate of drug-likeness (QED) is 0.702. The summed E-state index contributed by atoms with van der Waals surface area (Å²) in [6, 6.07) is 17.7. The Morgan fingerprint density at radius 3 is 2.71 bits per heavy atom. The molecule has 7 heteroatoms. The van der Waals surface area contributed by atoms with E-state index in [1.807, 2.05) is 54.6 Å². The molecule has 7 nitrogen and oxygen atoms in total. The molecule has 0 spiro atoms. The summed E-state index contributed by atoms with van der Waals surface area (Å²) in [7, 11) is 1.64. The fraction of sp³-hybridized carbons (Fsp3) is 0.0588. The van der Waals surface area contributed by atoms with Crippen molar-refractivity contribution in [2.75, 3.05) is 12.4 Å². The summed E-state index contributed by atoms with van der Waals surface area (Å²) >= 11 is 0. The van der Waals surface area contributed by atoms with Gasteiger partial charge in [0.15, 0.2) is 0 Å². The predicted octanol–water partition coefficient (Wildman–Crippen LogP) is 2.85. The first kappa shape index (κ1) is 15.2. The van der Waals surface area contributed by atoms with Gasteiger partial charge in [-0.25, -0.2) is 0 Å². The molecule has 118 valence electrons. The van der Waals surface area contributed by atoms with Crippen LogP contribution in [0, 0.1) is 11.3 Å². The molecule has 0 aliphatic carbocycles. The van der Waals surface area contributed by atoms with Crippen LogP contribution in [0.2, 0.25) is 0 Å². The van der Waals surface area contributed by atoms with Crippen molar-refractivity contribution < 1.29 is 4.74 Å². The number of anilines is 1. The van der Waals surface area contributed by atoms with Crippen LogP contribution in [0.4, 0.5) is 5.69 Å². The van der Waals surface area contributed by atoms with E-state index in [9.17, 15) is 5.26 Å². The van der Waals surface area contributed by atoms with Crippen LogP contribution >= 0.6 is 0 Å². The van der Waals surface area contributed by atoms with Gasteiger partial charge in [-0.2, -0.15) is 10.5 Å². The molecule has 0 aliphatic heterocycles. The monoisotopic (exact) mass is 318 g/mol. The normalized spacial score (nSPS) is 10.9. The number of aromatic amines is 1. The summed E-state index contributed by atoms with van der Waals surface area (Å²) in [5.74, 6) is 1.04. The number of tetrazole rings is 1. The Labute approximate surface area is 138 Å². The number of hydrogen-bond donors (Lipinski definition) is 2. The standard InChI is InChI=1S/C17H14N6O/c1-24-16-7-3-5-13(9-16)12-4-2-6-15(8-12)19-11-14(10-18)17-20-22-23-21-17/h2-9,11,19H,1H3,(H,20,21,22,23). The van der Waals surface area contributed by atoms with E-state index in [1.165, 1.54) is 0 Å². The van der Waals surface area contributed by atoms with Gasteiger partial charge in [0, 0.05) is 11.9 Å². The SMILES string of the molecule is COc1cccc(-c2cccc(NC=C(C#N)c3nn[nH]n3)c2)c1. The molecule has 2 N–H and O–H groups in total. The maximum atomic E-state index is 9.17. The molecule has 0 aliphatic rings. The molecule has 3 rings (SSSR count). The lowest BCUT2D eigenvalue weighted by molar-refractivity contribution is 0.415. The first-order valence-corrected chi connectivity index (χ1v) is 7.15. The van der Waals surface area contributed by atoms with Crippen LogP contribution in [0.25, 0.3) is 16.7 Å². The first-order valence-electron chi connectivity index (χ1n) is 7.15. The zero-order chi connectivity index (χ0) is 16.8. The molecule has 0 fully saturated rings. The molecule has 0 atom stereocenters. The van der Waals surface area contributed by atoms with E-state index < -0.39 is 0 Å². The van der Waals surface area contributed by atoms with Crippen molar-refractivity contribution in [3.8, 4) is 22.9 Å². The molecule has 0 radical (unpaired) electrons. The minimum absolute atomic E-state index is 0.244. The zero-order valence-electron chi connectivity index (χ0n) is 12.9. The third-order valence-corrected chi connectivity index (χ3v) is 3.36. The summed E-state index contributed by atoms with van der Waals surface area (Å²) in [4.78, 5) is 0. The van der Waals surface area contributed by atoms with Gasteiger partial charge in [-0.15, -0.1) is 10.2 Å². The number of ether oxygens (including phenoxy) is 1. The van der Waals surface area contributed by atoms with E-state index in [0.29, 0.717) is 0 Å². The third-order valence-electron chi connectivity index (χ3n) is 3.36. The third kappa shape index (κ3) is 3.39. The van der Waals surface area contributed by atoms with E-state index in [4.69, 9.17) is 4.74 Å². The van der Waals surface area contributed by atoms with Gasteiger partial charge in [-0.3, -0.25) is 0 Å². The van der Waals surface area contributed by atoms with E-state index in [1.54, 1.807) is 13.3 Å². The number of nitriles is 1. The second kappa shape index (κ2) is 7.07. The highest BCUT2D eigenvalue weighted by Crippen LogP contribution is 2.26. The summed E-state index contributed by atoms with van der Waals surface area (Å²) in [5.41, 5.74) is 3.20. The number of hydrogen-bond acceptors (Lipinski definition) is 6. The van der Waals surface area contributed by atoms with Crippen LogP contribution in [-0.4, -0.2) is 27.7 Å². The van der Waals surface area contributed by atoms with Gasteiger partial charge in [0.1, 0.15) is 17.4 Å². The predicted molar refractivity (Wildman–Crippen MR) is 89.8 cm³/mol. The van der Waals surface area contributed by atoms with Crippen molar-refractivity contribution in [1.29, 1.82) is 5.26 Å². The summed E-state index contributed by atoms with van der Waals surface area (Å²) in [6.07, 6.45) is 1.55. The molecule has 0 amide bonds. The van der Waals surface area contributed by atoms with E-state index >= 15 is 0 Å². The van der Waals surface area contributed by atoms with Crippen LogP contribution in [0.5, 0.6) is 5.75 Å². The molecule has 0 saturated heterocycles. The lowest BCUT2D eigenvalue weighted by Crippen LogP contribution is -1.93. The highest BCUT2D eigenvalue weighted by atomic mass is 16.5. The minimum Gasteiger partial charge on any atom is -0.497 e. The number of benzene rings is 2. The maximum absolute atomic E-state index is 9.17. The Kier molecular flexibility index (Phi) is 4.49. The average molecular weight is 318 g/mol. The van der Waals surface area contributed by atoms with Gasteiger partial charge < -0.3 is 10.1 Å². The molecule has 1 heterocycles.